The van der Waals surface area contributed by atoms with Crippen molar-refractivity contribution < 1.29 is 4.74 Å². The van der Waals surface area contributed by atoms with E-state index in [1.54, 1.807) is 0 Å². The number of hydrogen-bond acceptors (Lipinski definition) is 4. The van der Waals surface area contributed by atoms with Gasteiger partial charge in [-0.05, 0) is 20.3 Å². The van der Waals surface area contributed by atoms with Crippen molar-refractivity contribution >= 4 is 0 Å². The molecule has 0 aromatic carbocycles. The SMILES string of the molecule is CCCn1c(C)nnc1C1(C)COCC1N. The van der Waals surface area contributed by atoms with E-state index in [0.717, 1.165) is 24.6 Å². The quantitative estimate of drug-likeness (QED) is 0.817. The zero-order chi connectivity index (χ0) is 11.8. The Morgan fingerprint density at radius 2 is 2.31 bits per heavy atom. The van der Waals surface area contributed by atoms with Crippen LogP contribution in [0.2, 0.25) is 0 Å². The van der Waals surface area contributed by atoms with E-state index in [1.165, 1.54) is 0 Å². The summed E-state index contributed by atoms with van der Waals surface area (Å²) in [5.41, 5.74) is 5.92. The second kappa shape index (κ2) is 4.14. The summed E-state index contributed by atoms with van der Waals surface area (Å²) in [5.74, 6) is 1.93. The molecule has 5 nitrogen and oxygen atoms in total. The molecule has 1 aliphatic rings. The molecule has 0 spiro atoms. The Balaban J connectivity index is 2.39. The molecule has 1 fully saturated rings. The summed E-state index contributed by atoms with van der Waals surface area (Å²) in [6.07, 6.45) is 1.07. The molecule has 16 heavy (non-hydrogen) atoms. The summed E-state index contributed by atoms with van der Waals surface area (Å²) in [7, 11) is 0. The van der Waals surface area contributed by atoms with Gasteiger partial charge < -0.3 is 15.0 Å². The molecule has 2 N–H and O–H groups in total. The van der Waals surface area contributed by atoms with Gasteiger partial charge >= 0.3 is 0 Å². The molecule has 90 valence electrons. The van der Waals surface area contributed by atoms with Crippen LogP contribution < -0.4 is 5.73 Å². The van der Waals surface area contributed by atoms with Gasteiger partial charge in [-0.15, -0.1) is 10.2 Å². The number of nitrogens with zero attached hydrogens (tertiary/aromatic N) is 3. The van der Waals surface area contributed by atoms with Crippen molar-refractivity contribution in [2.24, 2.45) is 5.73 Å². The molecule has 1 aromatic heterocycles. The second-order valence-corrected chi connectivity index (χ2v) is 4.76. The van der Waals surface area contributed by atoms with Crippen molar-refractivity contribution in [3.8, 4) is 0 Å². The zero-order valence-corrected chi connectivity index (χ0v) is 10.2. The molecule has 0 aliphatic carbocycles. The summed E-state index contributed by atoms with van der Waals surface area (Å²) in [6, 6.07) is 0.00621. The first kappa shape index (κ1) is 11.5. The van der Waals surface area contributed by atoms with Crippen LogP contribution in [0, 0.1) is 6.92 Å². The monoisotopic (exact) mass is 224 g/mol. The molecular formula is C11H20N4O. The number of nitrogens with two attached hydrogens (primary N) is 1. The molecule has 2 atom stereocenters. The van der Waals surface area contributed by atoms with Crippen LogP contribution in [0.3, 0.4) is 0 Å². The minimum Gasteiger partial charge on any atom is -0.379 e. The number of rotatable bonds is 3. The van der Waals surface area contributed by atoms with Crippen molar-refractivity contribution in [3.63, 3.8) is 0 Å². The van der Waals surface area contributed by atoms with E-state index in [-0.39, 0.29) is 11.5 Å². The van der Waals surface area contributed by atoms with Gasteiger partial charge in [-0.25, -0.2) is 0 Å². The topological polar surface area (TPSA) is 66.0 Å². The molecule has 2 rings (SSSR count). The molecule has 1 aliphatic heterocycles. The molecule has 5 heteroatoms. The number of aromatic nitrogens is 3. The van der Waals surface area contributed by atoms with Crippen LogP contribution in [0.15, 0.2) is 0 Å². The van der Waals surface area contributed by atoms with Crippen LogP contribution >= 0.6 is 0 Å². The first-order valence-corrected chi connectivity index (χ1v) is 5.83. The summed E-state index contributed by atoms with van der Waals surface area (Å²) in [5, 5.41) is 8.45. The summed E-state index contributed by atoms with van der Waals surface area (Å²) in [4.78, 5) is 0. The first-order chi connectivity index (χ1) is 7.59. The van der Waals surface area contributed by atoms with E-state index in [9.17, 15) is 0 Å². The third-order valence-corrected chi connectivity index (χ3v) is 3.41. The first-order valence-electron chi connectivity index (χ1n) is 5.83. The average molecular weight is 224 g/mol. The molecule has 0 amide bonds. The van der Waals surface area contributed by atoms with Crippen LogP contribution in [-0.4, -0.2) is 34.0 Å². The van der Waals surface area contributed by atoms with Gasteiger partial charge in [0.15, 0.2) is 0 Å². The standard InChI is InChI=1S/C11H20N4O/c1-4-5-15-8(2)13-14-10(15)11(3)7-16-6-9(11)12/h9H,4-7,12H2,1-3H3. The lowest BCUT2D eigenvalue weighted by molar-refractivity contribution is 0.177. The smallest absolute Gasteiger partial charge is 0.142 e. The zero-order valence-electron chi connectivity index (χ0n) is 10.2. The largest absolute Gasteiger partial charge is 0.379 e. The molecule has 0 bridgehead atoms. The predicted molar refractivity (Wildman–Crippen MR) is 61.2 cm³/mol. The number of ether oxygens (including phenoxy) is 1. The number of hydrogen-bond donors (Lipinski definition) is 1. The molecule has 2 unspecified atom stereocenters. The van der Waals surface area contributed by atoms with Gasteiger partial charge in [0.2, 0.25) is 0 Å². The maximum atomic E-state index is 6.11. The Morgan fingerprint density at radius 3 is 2.88 bits per heavy atom. The van der Waals surface area contributed by atoms with Crippen molar-refractivity contribution in [2.45, 2.75) is 45.2 Å². The summed E-state index contributed by atoms with van der Waals surface area (Å²) >= 11 is 0. The molecular weight excluding hydrogens is 204 g/mol. The Labute approximate surface area is 96.0 Å². The van der Waals surface area contributed by atoms with Crippen molar-refractivity contribution in [1.29, 1.82) is 0 Å². The van der Waals surface area contributed by atoms with Crippen LogP contribution in [0.25, 0.3) is 0 Å². The summed E-state index contributed by atoms with van der Waals surface area (Å²) < 4.78 is 7.62. The summed E-state index contributed by atoms with van der Waals surface area (Å²) in [6.45, 7) is 8.43. The van der Waals surface area contributed by atoms with Gasteiger partial charge in [-0.2, -0.15) is 0 Å². The maximum Gasteiger partial charge on any atom is 0.142 e. The highest BCUT2D eigenvalue weighted by molar-refractivity contribution is 5.15. The van der Waals surface area contributed by atoms with Gasteiger partial charge in [-0.3, -0.25) is 0 Å². The Bertz CT molecular complexity index is 376. The third kappa shape index (κ3) is 1.64. The average Bonchev–Trinajstić information content (AvgIpc) is 2.76. The van der Waals surface area contributed by atoms with Gasteiger partial charge in [0.1, 0.15) is 11.6 Å². The lowest BCUT2D eigenvalue weighted by atomic mass is 9.85. The fraction of sp³-hybridized carbons (Fsp3) is 0.818. The maximum absolute atomic E-state index is 6.11. The minimum atomic E-state index is -0.198. The van der Waals surface area contributed by atoms with Crippen molar-refractivity contribution in [1.82, 2.24) is 14.8 Å². The highest BCUT2D eigenvalue weighted by Crippen LogP contribution is 2.31. The third-order valence-electron chi connectivity index (χ3n) is 3.41. The molecule has 1 aromatic rings. The molecule has 0 saturated carbocycles. The minimum absolute atomic E-state index is 0.00621. The van der Waals surface area contributed by atoms with Gasteiger partial charge in [0, 0.05) is 12.6 Å². The predicted octanol–water partition coefficient (Wildman–Crippen LogP) is 0.612. The van der Waals surface area contributed by atoms with E-state index < -0.39 is 0 Å². The van der Waals surface area contributed by atoms with E-state index in [4.69, 9.17) is 10.5 Å². The van der Waals surface area contributed by atoms with Gasteiger partial charge in [-0.1, -0.05) is 6.92 Å². The normalized spacial score (nSPS) is 29.9. The Kier molecular flexibility index (Phi) is 2.99. The van der Waals surface area contributed by atoms with Crippen molar-refractivity contribution in [2.75, 3.05) is 13.2 Å². The van der Waals surface area contributed by atoms with Crippen LogP contribution in [-0.2, 0) is 16.7 Å². The number of aryl methyl sites for hydroxylation is 1. The van der Waals surface area contributed by atoms with E-state index in [2.05, 4.69) is 28.6 Å². The fourth-order valence-electron chi connectivity index (χ4n) is 2.21. The second-order valence-electron chi connectivity index (χ2n) is 4.76. The van der Waals surface area contributed by atoms with Crippen molar-refractivity contribution in [3.05, 3.63) is 11.6 Å². The highest BCUT2D eigenvalue weighted by Gasteiger charge is 2.43. The van der Waals surface area contributed by atoms with Crippen LogP contribution in [0.5, 0.6) is 0 Å². The molecule has 2 heterocycles. The molecule has 0 radical (unpaired) electrons. The lowest BCUT2D eigenvalue weighted by Gasteiger charge is -2.26. The van der Waals surface area contributed by atoms with Gasteiger partial charge in [0.05, 0.1) is 18.6 Å². The van der Waals surface area contributed by atoms with E-state index in [0.29, 0.717) is 13.2 Å². The Hall–Kier alpha value is -0.940. The molecule has 1 saturated heterocycles. The van der Waals surface area contributed by atoms with E-state index in [1.807, 2.05) is 6.92 Å². The lowest BCUT2D eigenvalue weighted by Crippen LogP contribution is -2.44. The van der Waals surface area contributed by atoms with E-state index >= 15 is 0 Å². The Morgan fingerprint density at radius 1 is 1.56 bits per heavy atom. The fourth-order valence-corrected chi connectivity index (χ4v) is 2.21. The van der Waals surface area contributed by atoms with Crippen LogP contribution in [0.1, 0.15) is 31.9 Å². The van der Waals surface area contributed by atoms with Crippen LogP contribution in [0.4, 0.5) is 0 Å². The van der Waals surface area contributed by atoms with Gasteiger partial charge in [0.25, 0.3) is 0 Å². The highest BCUT2D eigenvalue weighted by atomic mass is 16.5.